The Balaban J connectivity index is 1.64. The van der Waals surface area contributed by atoms with Crippen LogP contribution in [0, 0.1) is 17.2 Å². The van der Waals surface area contributed by atoms with Crippen LogP contribution in [0.15, 0.2) is 28.0 Å². The number of carbonyl (C=O) groups excluding carboxylic acids is 1. The number of hydrogen-bond donors (Lipinski definition) is 1. The van der Waals surface area contributed by atoms with Crippen molar-refractivity contribution in [2.75, 3.05) is 5.75 Å². The van der Waals surface area contributed by atoms with Crippen LogP contribution in [-0.4, -0.2) is 32.0 Å². The standard InChI is InChI=1S/C16H19N5O2S/c1-3-21-14(12-5-4-8-23-12)19-20-15(21)24-9-13(22)18-16(2,10-17)11-6-7-11/h4-5,8,11H,3,6-7,9H2,1-2H3,(H,18,22). The highest BCUT2D eigenvalue weighted by Crippen LogP contribution is 2.39. The molecule has 2 aromatic rings. The fourth-order valence-electron chi connectivity index (χ4n) is 2.61. The van der Waals surface area contributed by atoms with Gasteiger partial charge in [0.05, 0.1) is 18.1 Å². The van der Waals surface area contributed by atoms with Crippen LogP contribution < -0.4 is 5.32 Å². The molecule has 24 heavy (non-hydrogen) atoms. The van der Waals surface area contributed by atoms with E-state index in [0.29, 0.717) is 23.3 Å². The van der Waals surface area contributed by atoms with Crippen molar-refractivity contribution in [2.45, 2.75) is 43.9 Å². The van der Waals surface area contributed by atoms with Gasteiger partial charge in [-0.25, -0.2) is 0 Å². The van der Waals surface area contributed by atoms with Gasteiger partial charge in [0.15, 0.2) is 16.7 Å². The topological polar surface area (TPSA) is 96.7 Å². The van der Waals surface area contributed by atoms with E-state index in [9.17, 15) is 10.1 Å². The summed E-state index contributed by atoms with van der Waals surface area (Å²) in [5.41, 5.74) is -0.768. The molecule has 1 fully saturated rings. The lowest BCUT2D eigenvalue weighted by molar-refractivity contribution is -0.119. The average molecular weight is 345 g/mol. The lowest BCUT2D eigenvalue weighted by atomic mass is 9.98. The number of thioether (sulfide) groups is 1. The largest absolute Gasteiger partial charge is 0.461 e. The molecule has 0 bridgehead atoms. The Morgan fingerprint density at radius 1 is 1.58 bits per heavy atom. The van der Waals surface area contributed by atoms with E-state index in [4.69, 9.17) is 4.42 Å². The van der Waals surface area contributed by atoms with Crippen LogP contribution in [0.3, 0.4) is 0 Å². The minimum absolute atomic E-state index is 0.166. The maximum absolute atomic E-state index is 12.2. The lowest BCUT2D eigenvalue weighted by Gasteiger charge is -2.22. The second-order valence-electron chi connectivity index (χ2n) is 5.95. The lowest BCUT2D eigenvalue weighted by Crippen LogP contribution is -2.47. The van der Waals surface area contributed by atoms with Crippen molar-refractivity contribution in [3.05, 3.63) is 18.4 Å². The van der Waals surface area contributed by atoms with E-state index >= 15 is 0 Å². The van der Waals surface area contributed by atoms with Gasteiger partial charge in [-0.1, -0.05) is 11.8 Å². The molecule has 0 aliphatic heterocycles. The first-order valence-corrected chi connectivity index (χ1v) is 8.88. The third kappa shape index (κ3) is 3.31. The van der Waals surface area contributed by atoms with Crippen molar-refractivity contribution >= 4 is 17.7 Å². The highest BCUT2D eigenvalue weighted by atomic mass is 32.2. The molecule has 1 atom stereocenters. The summed E-state index contributed by atoms with van der Waals surface area (Å²) in [5.74, 6) is 1.58. The van der Waals surface area contributed by atoms with Crippen LogP contribution in [0.4, 0.5) is 0 Å². The number of rotatable bonds is 7. The molecular weight excluding hydrogens is 326 g/mol. The van der Waals surface area contributed by atoms with Crippen LogP contribution in [0.25, 0.3) is 11.6 Å². The van der Waals surface area contributed by atoms with Gasteiger partial charge in [0.25, 0.3) is 0 Å². The Labute approximate surface area is 144 Å². The van der Waals surface area contributed by atoms with Gasteiger partial charge in [0, 0.05) is 6.54 Å². The van der Waals surface area contributed by atoms with E-state index in [1.54, 1.807) is 19.3 Å². The highest BCUT2D eigenvalue weighted by molar-refractivity contribution is 7.99. The minimum Gasteiger partial charge on any atom is -0.461 e. The minimum atomic E-state index is -0.768. The van der Waals surface area contributed by atoms with E-state index < -0.39 is 5.54 Å². The fourth-order valence-corrected chi connectivity index (χ4v) is 3.41. The second-order valence-corrected chi connectivity index (χ2v) is 6.90. The maximum atomic E-state index is 12.2. The number of hydrogen-bond acceptors (Lipinski definition) is 6. The molecule has 2 aromatic heterocycles. The molecule has 1 N–H and O–H groups in total. The van der Waals surface area contributed by atoms with E-state index in [2.05, 4.69) is 21.6 Å². The summed E-state index contributed by atoms with van der Waals surface area (Å²) in [5, 5.41) is 21.1. The van der Waals surface area contributed by atoms with Crippen molar-refractivity contribution in [2.24, 2.45) is 5.92 Å². The Morgan fingerprint density at radius 3 is 2.96 bits per heavy atom. The molecule has 1 aliphatic carbocycles. The molecule has 126 valence electrons. The highest BCUT2D eigenvalue weighted by Gasteiger charge is 2.42. The predicted molar refractivity (Wildman–Crippen MR) is 89.0 cm³/mol. The first kappa shape index (κ1) is 16.6. The van der Waals surface area contributed by atoms with E-state index in [-0.39, 0.29) is 17.6 Å². The quantitative estimate of drug-likeness (QED) is 0.774. The summed E-state index contributed by atoms with van der Waals surface area (Å²) in [6.07, 6.45) is 3.58. The predicted octanol–water partition coefficient (Wildman–Crippen LogP) is 2.46. The summed E-state index contributed by atoms with van der Waals surface area (Å²) < 4.78 is 7.27. The first-order valence-electron chi connectivity index (χ1n) is 7.89. The molecule has 1 unspecified atom stereocenters. The van der Waals surface area contributed by atoms with Crippen LogP contribution in [-0.2, 0) is 11.3 Å². The summed E-state index contributed by atoms with van der Waals surface area (Å²) in [6.45, 7) is 4.45. The maximum Gasteiger partial charge on any atom is 0.231 e. The summed E-state index contributed by atoms with van der Waals surface area (Å²) in [4.78, 5) is 12.2. The average Bonchev–Trinajstić information content (AvgIpc) is 3.16. The number of carbonyl (C=O) groups is 1. The van der Waals surface area contributed by atoms with Crippen LogP contribution >= 0.6 is 11.8 Å². The van der Waals surface area contributed by atoms with E-state index in [0.717, 1.165) is 12.8 Å². The van der Waals surface area contributed by atoms with Crippen LogP contribution in [0.2, 0.25) is 0 Å². The zero-order valence-corrected chi connectivity index (χ0v) is 14.5. The van der Waals surface area contributed by atoms with Gasteiger partial charge in [-0.3, -0.25) is 9.36 Å². The Bertz CT molecular complexity index is 760. The van der Waals surface area contributed by atoms with Gasteiger partial charge in [-0.15, -0.1) is 10.2 Å². The van der Waals surface area contributed by atoms with Crippen molar-refractivity contribution < 1.29 is 9.21 Å². The summed E-state index contributed by atoms with van der Waals surface area (Å²) in [6, 6.07) is 5.85. The van der Waals surface area contributed by atoms with Gasteiger partial charge in [-0.05, 0) is 44.7 Å². The van der Waals surface area contributed by atoms with Crippen molar-refractivity contribution in [3.8, 4) is 17.7 Å². The molecule has 0 spiro atoms. The number of nitrogens with one attached hydrogen (secondary N) is 1. The number of amides is 1. The van der Waals surface area contributed by atoms with E-state index in [1.807, 2.05) is 17.6 Å². The molecule has 0 saturated heterocycles. The number of nitriles is 1. The smallest absolute Gasteiger partial charge is 0.231 e. The van der Waals surface area contributed by atoms with Gasteiger partial charge in [0.2, 0.25) is 5.91 Å². The van der Waals surface area contributed by atoms with Gasteiger partial charge < -0.3 is 9.73 Å². The molecule has 1 aliphatic rings. The van der Waals surface area contributed by atoms with Gasteiger partial charge in [-0.2, -0.15) is 5.26 Å². The fraction of sp³-hybridized carbons (Fsp3) is 0.500. The molecular formula is C16H19N5O2S. The third-order valence-electron chi connectivity index (χ3n) is 4.13. The number of furan rings is 1. The first-order chi connectivity index (χ1) is 11.6. The van der Waals surface area contributed by atoms with Crippen molar-refractivity contribution in [1.82, 2.24) is 20.1 Å². The zero-order valence-electron chi connectivity index (χ0n) is 13.7. The van der Waals surface area contributed by atoms with Crippen molar-refractivity contribution in [1.29, 1.82) is 5.26 Å². The Kier molecular flexibility index (Phi) is 4.62. The van der Waals surface area contributed by atoms with Gasteiger partial charge >= 0.3 is 0 Å². The molecule has 0 aromatic carbocycles. The normalized spacial score (nSPS) is 16.4. The molecule has 2 heterocycles. The van der Waals surface area contributed by atoms with Crippen LogP contribution in [0.1, 0.15) is 26.7 Å². The molecule has 1 amide bonds. The van der Waals surface area contributed by atoms with Crippen molar-refractivity contribution in [3.63, 3.8) is 0 Å². The zero-order chi connectivity index (χ0) is 17.2. The van der Waals surface area contributed by atoms with E-state index in [1.165, 1.54) is 11.8 Å². The summed E-state index contributed by atoms with van der Waals surface area (Å²) in [7, 11) is 0. The summed E-state index contributed by atoms with van der Waals surface area (Å²) >= 11 is 1.31. The molecule has 7 nitrogen and oxygen atoms in total. The molecule has 0 radical (unpaired) electrons. The van der Waals surface area contributed by atoms with Crippen LogP contribution in [0.5, 0.6) is 0 Å². The number of aromatic nitrogens is 3. The molecule has 3 rings (SSSR count). The second kappa shape index (κ2) is 6.69. The third-order valence-corrected chi connectivity index (χ3v) is 5.10. The SMILES string of the molecule is CCn1c(SCC(=O)NC(C)(C#N)C2CC2)nnc1-c1ccco1. The Hall–Kier alpha value is -2.27. The molecule has 1 saturated carbocycles. The molecule has 8 heteroatoms. The Morgan fingerprint density at radius 2 is 2.38 bits per heavy atom. The van der Waals surface area contributed by atoms with Gasteiger partial charge in [0.1, 0.15) is 5.54 Å². The monoisotopic (exact) mass is 345 g/mol. The number of nitrogens with zero attached hydrogens (tertiary/aromatic N) is 4.